The number of aliphatic hydroxyl groups is 1. The minimum atomic E-state index is -4.95. The van der Waals surface area contributed by atoms with Gasteiger partial charge in [-0.2, -0.15) is 0 Å². The zero-order valence-electron chi connectivity index (χ0n) is 59.3. The lowest BCUT2D eigenvalue weighted by Gasteiger charge is -2.21. The van der Waals surface area contributed by atoms with Crippen molar-refractivity contribution in [2.75, 3.05) is 39.6 Å². The second kappa shape index (κ2) is 62.8. The van der Waals surface area contributed by atoms with Crippen molar-refractivity contribution in [1.82, 2.24) is 0 Å². The van der Waals surface area contributed by atoms with Crippen LogP contribution in [0.5, 0.6) is 0 Å². The highest BCUT2D eigenvalue weighted by Crippen LogP contribution is 2.45. The van der Waals surface area contributed by atoms with Gasteiger partial charge < -0.3 is 33.8 Å². The normalized spacial score (nSPS) is 14.5. The van der Waals surface area contributed by atoms with E-state index in [0.717, 1.165) is 115 Å². The molecular formula is C72H140O17P2. The first-order valence-electron chi connectivity index (χ1n) is 37.4. The van der Waals surface area contributed by atoms with Crippen molar-refractivity contribution in [2.24, 2.45) is 17.8 Å². The Morgan fingerprint density at radius 2 is 0.560 bits per heavy atom. The fraction of sp³-hybridized carbons (Fsp3) is 0.944. The second-order valence-corrected chi connectivity index (χ2v) is 30.1. The fourth-order valence-electron chi connectivity index (χ4n) is 10.9. The van der Waals surface area contributed by atoms with E-state index in [4.69, 9.17) is 37.0 Å². The van der Waals surface area contributed by atoms with Crippen molar-refractivity contribution < 1.29 is 80.2 Å². The number of unbranched alkanes of at least 4 members (excludes halogenated alkanes) is 37. The molecule has 0 aliphatic heterocycles. The number of phosphoric ester groups is 2. The Hall–Kier alpha value is -1.94. The van der Waals surface area contributed by atoms with Gasteiger partial charge in [0, 0.05) is 25.7 Å². The Balaban J connectivity index is 5.18. The smallest absolute Gasteiger partial charge is 0.462 e. The lowest BCUT2D eigenvalue weighted by Crippen LogP contribution is -2.30. The quantitative estimate of drug-likeness (QED) is 0.0222. The van der Waals surface area contributed by atoms with E-state index < -0.39 is 97.5 Å². The Bertz CT molecular complexity index is 1790. The molecule has 19 heteroatoms. The number of aliphatic hydroxyl groups excluding tert-OH is 1. The molecule has 0 amide bonds. The molecule has 0 saturated carbocycles. The molecule has 540 valence electrons. The van der Waals surface area contributed by atoms with Crippen molar-refractivity contribution in [3.8, 4) is 0 Å². The van der Waals surface area contributed by atoms with Crippen LogP contribution in [-0.2, 0) is 65.4 Å². The average molecular weight is 1340 g/mol. The minimum Gasteiger partial charge on any atom is -0.462 e. The fourth-order valence-corrected chi connectivity index (χ4v) is 12.4. The molecule has 17 nitrogen and oxygen atoms in total. The summed E-state index contributed by atoms with van der Waals surface area (Å²) in [5.41, 5.74) is 0. The predicted molar refractivity (Wildman–Crippen MR) is 368 cm³/mol. The van der Waals surface area contributed by atoms with E-state index in [0.29, 0.717) is 31.6 Å². The van der Waals surface area contributed by atoms with E-state index in [9.17, 15) is 43.2 Å². The number of carbonyl (C=O) groups is 4. The molecule has 3 N–H and O–H groups in total. The molecule has 0 fully saturated rings. The Morgan fingerprint density at radius 1 is 0.319 bits per heavy atom. The number of ether oxygens (including phenoxy) is 4. The van der Waals surface area contributed by atoms with Crippen LogP contribution in [0.2, 0.25) is 0 Å². The van der Waals surface area contributed by atoms with Crippen molar-refractivity contribution in [3.63, 3.8) is 0 Å². The van der Waals surface area contributed by atoms with Crippen LogP contribution in [0.15, 0.2) is 0 Å². The summed E-state index contributed by atoms with van der Waals surface area (Å²) in [7, 11) is -9.90. The Kier molecular flexibility index (Phi) is 61.5. The summed E-state index contributed by atoms with van der Waals surface area (Å²) in [6, 6.07) is 0. The van der Waals surface area contributed by atoms with E-state index >= 15 is 0 Å². The van der Waals surface area contributed by atoms with Crippen LogP contribution in [0.1, 0.15) is 363 Å². The molecule has 0 saturated heterocycles. The largest absolute Gasteiger partial charge is 0.472 e. The lowest BCUT2D eigenvalue weighted by molar-refractivity contribution is -0.161. The molecule has 0 bridgehead atoms. The van der Waals surface area contributed by atoms with Gasteiger partial charge in [-0.15, -0.1) is 0 Å². The third-order valence-electron chi connectivity index (χ3n) is 17.0. The lowest BCUT2D eigenvalue weighted by atomic mass is 9.99. The van der Waals surface area contributed by atoms with E-state index in [2.05, 4.69) is 48.5 Å². The number of esters is 4. The molecule has 0 aromatic rings. The first-order valence-corrected chi connectivity index (χ1v) is 40.4. The topological polar surface area (TPSA) is 237 Å². The Morgan fingerprint density at radius 3 is 0.835 bits per heavy atom. The predicted octanol–water partition coefficient (Wildman–Crippen LogP) is 20.6. The van der Waals surface area contributed by atoms with Gasteiger partial charge in [-0.25, -0.2) is 9.13 Å². The maximum Gasteiger partial charge on any atom is 0.472 e. The molecular weight excluding hydrogens is 1200 g/mol. The summed E-state index contributed by atoms with van der Waals surface area (Å²) >= 11 is 0. The number of phosphoric acid groups is 2. The first-order chi connectivity index (χ1) is 43.8. The molecule has 3 unspecified atom stereocenters. The molecule has 6 atom stereocenters. The van der Waals surface area contributed by atoms with Crippen LogP contribution in [0.3, 0.4) is 0 Å². The summed E-state index contributed by atoms with van der Waals surface area (Å²) in [5, 5.41) is 10.6. The monoisotopic (exact) mass is 1340 g/mol. The Labute approximate surface area is 556 Å². The highest BCUT2D eigenvalue weighted by Gasteiger charge is 2.30. The average Bonchev–Trinajstić information content (AvgIpc) is 3.22. The van der Waals surface area contributed by atoms with Crippen LogP contribution in [-0.4, -0.2) is 96.7 Å². The van der Waals surface area contributed by atoms with Gasteiger partial charge in [0.1, 0.15) is 19.3 Å². The SMILES string of the molecule is CCCCCCCCCC(=O)OC[C@H](COP(=O)(O)OC[C@H](O)COP(=O)(O)OC[C@@H](COC(=O)CCCCCCCCCCCCCCCCC(C)C)OC(=O)CCCCCCCCCCCCCCCCC(C)CC)OC(=O)CCCCCCCCC(C)C. The number of hydrogen-bond donors (Lipinski definition) is 3. The number of carbonyl (C=O) groups excluding carboxylic acids is 4. The van der Waals surface area contributed by atoms with Gasteiger partial charge in [-0.05, 0) is 43.4 Å². The first kappa shape index (κ1) is 89.1. The second-order valence-electron chi connectivity index (χ2n) is 27.2. The molecule has 91 heavy (non-hydrogen) atoms. The van der Waals surface area contributed by atoms with Crippen molar-refractivity contribution >= 4 is 39.5 Å². The summed E-state index contributed by atoms with van der Waals surface area (Å²) in [4.78, 5) is 72.4. The summed E-state index contributed by atoms with van der Waals surface area (Å²) < 4.78 is 68.2. The summed E-state index contributed by atoms with van der Waals surface area (Å²) in [6.45, 7) is 11.8. The van der Waals surface area contributed by atoms with Gasteiger partial charge in [0.05, 0.1) is 26.4 Å². The van der Waals surface area contributed by atoms with Gasteiger partial charge >= 0.3 is 39.5 Å². The van der Waals surface area contributed by atoms with Gasteiger partial charge in [-0.3, -0.25) is 37.3 Å². The van der Waals surface area contributed by atoms with Crippen molar-refractivity contribution in [1.29, 1.82) is 0 Å². The molecule has 0 aromatic carbocycles. The zero-order valence-corrected chi connectivity index (χ0v) is 61.1. The van der Waals surface area contributed by atoms with E-state index in [1.165, 1.54) is 161 Å². The van der Waals surface area contributed by atoms with Gasteiger partial charge in [0.2, 0.25) is 0 Å². The molecule has 0 heterocycles. The van der Waals surface area contributed by atoms with Crippen LogP contribution in [0.25, 0.3) is 0 Å². The van der Waals surface area contributed by atoms with Crippen LogP contribution < -0.4 is 0 Å². The van der Waals surface area contributed by atoms with Crippen LogP contribution in [0, 0.1) is 17.8 Å². The summed E-state index contributed by atoms with van der Waals surface area (Å²) in [5.74, 6) is 0.183. The van der Waals surface area contributed by atoms with Crippen molar-refractivity contribution in [3.05, 3.63) is 0 Å². The summed E-state index contributed by atoms with van der Waals surface area (Å²) in [6.07, 6.45) is 47.5. The third kappa shape index (κ3) is 65.1. The molecule has 0 rings (SSSR count). The van der Waals surface area contributed by atoms with Gasteiger partial charge in [-0.1, -0.05) is 312 Å². The van der Waals surface area contributed by atoms with Gasteiger partial charge in [0.15, 0.2) is 12.2 Å². The van der Waals surface area contributed by atoms with Crippen LogP contribution in [0.4, 0.5) is 0 Å². The van der Waals surface area contributed by atoms with Gasteiger partial charge in [0.25, 0.3) is 0 Å². The zero-order chi connectivity index (χ0) is 67.3. The molecule has 0 spiro atoms. The highest BCUT2D eigenvalue weighted by atomic mass is 31.2. The number of hydrogen-bond acceptors (Lipinski definition) is 15. The molecule has 0 aliphatic rings. The van der Waals surface area contributed by atoms with Crippen molar-refractivity contribution in [2.45, 2.75) is 381 Å². The number of rotatable bonds is 70. The van der Waals surface area contributed by atoms with E-state index in [-0.39, 0.29) is 25.7 Å². The molecule has 0 aliphatic carbocycles. The highest BCUT2D eigenvalue weighted by molar-refractivity contribution is 7.47. The molecule has 0 radical (unpaired) electrons. The maximum atomic E-state index is 13.0. The van der Waals surface area contributed by atoms with E-state index in [1.807, 2.05) is 0 Å². The standard InChI is InChI=1S/C72H140O17P2/c1-8-10-11-12-29-39-46-53-69(74)82-59-68(89-72(77)56-49-42-35-34-37-44-51-64(5)6)62-87-91(80,81)85-58-66(73)57-84-90(78,79)86-61-67(60-83-70(75)54-47-40-32-27-23-19-15-13-17-21-25-30-36-43-50-63(3)4)88-71(76)55-48-41-33-28-24-20-16-14-18-22-26-31-38-45-52-65(7)9-2/h63-68,73H,8-62H2,1-7H3,(H,78,79)(H,80,81)/t65?,66-,67-,68-/m1/s1. The third-order valence-corrected chi connectivity index (χ3v) is 18.9. The van der Waals surface area contributed by atoms with E-state index in [1.54, 1.807) is 0 Å². The van der Waals surface area contributed by atoms with Crippen LogP contribution >= 0.6 is 15.6 Å². The maximum absolute atomic E-state index is 13.0. The molecule has 0 aromatic heterocycles. The minimum absolute atomic E-state index is 0.102.